The summed E-state index contributed by atoms with van der Waals surface area (Å²) in [5.74, 6) is 0.417. The number of aliphatic hydroxyl groups is 1. The minimum absolute atomic E-state index is 0.0837. The largest absolute Gasteiger partial charge is 0.468 e. The van der Waals surface area contributed by atoms with Gasteiger partial charge in [-0.15, -0.1) is 0 Å². The molecule has 1 aliphatic carbocycles. The maximum absolute atomic E-state index is 10.7. The number of fused-ring (bicyclic) bond motifs is 1. The van der Waals surface area contributed by atoms with Crippen molar-refractivity contribution in [2.45, 2.75) is 173 Å². The second kappa shape index (κ2) is 21.1. The smallest absolute Gasteiger partial charge is 0.293 e. The quantitative estimate of drug-likeness (QED) is 0.0595. The topological polar surface area (TPSA) is 55.8 Å². The van der Waals surface area contributed by atoms with Crippen molar-refractivity contribution in [1.82, 2.24) is 0 Å². The summed E-state index contributed by atoms with van der Waals surface area (Å²) in [6.45, 7) is 11.7. The molecule has 1 aliphatic heterocycles. The van der Waals surface area contributed by atoms with E-state index < -0.39 is 5.60 Å². The number of rotatable bonds is 22. The molecule has 2 unspecified atom stereocenters. The molecule has 4 heteroatoms. The van der Waals surface area contributed by atoms with Crippen molar-refractivity contribution >= 4 is 6.47 Å². The summed E-state index contributed by atoms with van der Waals surface area (Å²) < 4.78 is 11.6. The molecule has 0 spiro atoms. The predicted molar refractivity (Wildman–Crippen MR) is 178 cm³/mol. The molecule has 0 aromatic carbocycles. The average Bonchev–Trinajstić information content (AvgIpc) is 3.33. The molecule has 0 aromatic rings. The number of carbonyl (C=O) groups excluding carboxylic acids is 1. The number of allylic oxidation sites excluding steroid dienone is 4. The number of carbonyl (C=O) groups is 1. The first kappa shape index (κ1) is 36.5. The minimum Gasteiger partial charge on any atom is -0.468 e. The third-order valence-electron chi connectivity index (χ3n) is 9.19. The molecule has 0 aromatic heterocycles. The highest BCUT2D eigenvalue weighted by atomic mass is 16.5. The van der Waals surface area contributed by atoms with Gasteiger partial charge in [0.2, 0.25) is 0 Å². The van der Waals surface area contributed by atoms with Gasteiger partial charge in [-0.1, -0.05) is 139 Å². The van der Waals surface area contributed by atoms with Gasteiger partial charge in [0.05, 0.1) is 23.9 Å². The number of ether oxygens (including phenoxy) is 2. The summed E-state index contributed by atoms with van der Waals surface area (Å²) in [7, 11) is 0. The van der Waals surface area contributed by atoms with E-state index >= 15 is 0 Å². The zero-order chi connectivity index (χ0) is 30.5. The first-order valence-electron chi connectivity index (χ1n) is 17.4. The first-order valence-corrected chi connectivity index (χ1v) is 17.4. The lowest BCUT2D eigenvalue weighted by Crippen LogP contribution is -2.27. The monoisotopic (exact) mass is 584 g/mol. The lowest BCUT2D eigenvalue weighted by atomic mass is 9.82. The van der Waals surface area contributed by atoms with Crippen LogP contribution in [0.2, 0.25) is 0 Å². The fraction of sp³-hybridized carbons (Fsp3) is 0.763. The SMILES string of the molecule is C=C1C/C=C\[C@@](C)(O)CCC2C[C@](/C=C/C=C(C)C)(CCCCCCCCCCCCCCCCCCOC=O)OC12. The van der Waals surface area contributed by atoms with Crippen molar-refractivity contribution in [3.63, 3.8) is 0 Å². The Labute approximate surface area is 259 Å². The van der Waals surface area contributed by atoms with Crippen LogP contribution < -0.4 is 0 Å². The molecule has 0 radical (unpaired) electrons. The Hall–Kier alpha value is -1.65. The molecule has 0 bridgehead atoms. The van der Waals surface area contributed by atoms with Gasteiger partial charge in [0.1, 0.15) is 0 Å². The van der Waals surface area contributed by atoms with Gasteiger partial charge in [-0.25, -0.2) is 0 Å². The van der Waals surface area contributed by atoms with Gasteiger partial charge in [-0.2, -0.15) is 0 Å². The van der Waals surface area contributed by atoms with Gasteiger partial charge in [0, 0.05) is 0 Å². The summed E-state index contributed by atoms with van der Waals surface area (Å²) in [5.41, 5.74) is 1.50. The lowest BCUT2D eigenvalue weighted by Gasteiger charge is -2.27. The fourth-order valence-electron chi connectivity index (χ4n) is 6.66. The third-order valence-corrected chi connectivity index (χ3v) is 9.19. The van der Waals surface area contributed by atoms with Crippen molar-refractivity contribution in [2.24, 2.45) is 5.92 Å². The summed E-state index contributed by atoms with van der Waals surface area (Å²) >= 11 is 0. The Balaban J connectivity index is 1.61. The third kappa shape index (κ3) is 15.7. The second-order valence-corrected chi connectivity index (χ2v) is 13.7. The van der Waals surface area contributed by atoms with Crippen molar-refractivity contribution in [3.05, 3.63) is 48.1 Å². The van der Waals surface area contributed by atoms with E-state index in [9.17, 15) is 9.90 Å². The highest BCUT2D eigenvalue weighted by Gasteiger charge is 2.45. The Morgan fingerprint density at radius 2 is 1.50 bits per heavy atom. The van der Waals surface area contributed by atoms with Gasteiger partial charge in [0.15, 0.2) is 0 Å². The van der Waals surface area contributed by atoms with Crippen LogP contribution in [0, 0.1) is 5.92 Å². The molecule has 4 atom stereocenters. The summed E-state index contributed by atoms with van der Waals surface area (Å²) in [5, 5.41) is 10.7. The minimum atomic E-state index is -0.742. The number of hydrogen-bond acceptors (Lipinski definition) is 4. The van der Waals surface area contributed by atoms with Gasteiger partial charge in [0.25, 0.3) is 6.47 Å². The molecule has 4 nitrogen and oxygen atoms in total. The molecule has 2 aliphatic rings. The van der Waals surface area contributed by atoms with E-state index in [4.69, 9.17) is 9.47 Å². The Morgan fingerprint density at radius 1 is 0.952 bits per heavy atom. The van der Waals surface area contributed by atoms with E-state index in [1.165, 1.54) is 102 Å². The Kier molecular flexibility index (Phi) is 18.4. The lowest BCUT2D eigenvalue weighted by molar-refractivity contribution is -0.128. The van der Waals surface area contributed by atoms with E-state index in [0.29, 0.717) is 19.0 Å². The van der Waals surface area contributed by atoms with Crippen molar-refractivity contribution in [2.75, 3.05) is 6.61 Å². The summed E-state index contributed by atoms with van der Waals surface area (Å²) in [4.78, 5) is 10.1. The second-order valence-electron chi connectivity index (χ2n) is 13.7. The molecule has 1 N–H and O–H groups in total. The van der Waals surface area contributed by atoms with Gasteiger partial charge >= 0.3 is 0 Å². The van der Waals surface area contributed by atoms with Crippen LogP contribution in [0.5, 0.6) is 0 Å². The van der Waals surface area contributed by atoms with Crippen LogP contribution in [-0.4, -0.2) is 35.5 Å². The number of hydrogen-bond donors (Lipinski definition) is 1. The molecular formula is C38H64O4. The van der Waals surface area contributed by atoms with Crippen molar-refractivity contribution in [1.29, 1.82) is 0 Å². The highest BCUT2D eigenvalue weighted by molar-refractivity contribution is 5.36. The predicted octanol–water partition coefficient (Wildman–Crippen LogP) is 10.5. The van der Waals surface area contributed by atoms with Crippen molar-refractivity contribution in [3.8, 4) is 0 Å². The summed E-state index contributed by atoms with van der Waals surface area (Å²) in [6, 6.07) is 0. The fourth-order valence-corrected chi connectivity index (χ4v) is 6.66. The van der Waals surface area contributed by atoms with E-state index in [0.717, 1.165) is 44.1 Å². The maximum Gasteiger partial charge on any atom is 0.293 e. The summed E-state index contributed by atoms with van der Waals surface area (Å²) in [6.07, 6.45) is 36.4. The molecule has 1 saturated heterocycles. The number of unbranched alkanes of at least 4 members (excludes halogenated alkanes) is 15. The molecule has 1 fully saturated rings. The molecule has 2 rings (SSSR count). The van der Waals surface area contributed by atoms with E-state index in [1.54, 1.807) is 0 Å². The van der Waals surface area contributed by atoms with Crippen molar-refractivity contribution < 1.29 is 19.4 Å². The van der Waals surface area contributed by atoms with E-state index in [1.807, 2.05) is 13.0 Å². The Bertz CT molecular complexity index is 834. The van der Waals surface area contributed by atoms with Gasteiger partial charge < -0.3 is 14.6 Å². The van der Waals surface area contributed by atoms with Crippen LogP contribution in [0.15, 0.2) is 48.1 Å². The average molecular weight is 585 g/mol. The van der Waals surface area contributed by atoms with Crippen LogP contribution in [0.25, 0.3) is 0 Å². The highest BCUT2D eigenvalue weighted by Crippen LogP contribution is 2.46. The first-order chi connectivity index (χ1) is 20.3. The standard InChI is InChI=1S/C38H64O4/c1-33(2)23-21-28-38(31-35-25-29-37(4,40)26-22-24-34(3)36(35)42-38)27-19-17-15-13-11-9-7-5-6-8-10-12-14-16-18-20-30-41-32-39/h21-23,26,28,32,35-36,40H,3,5-20,24-25,27,29-31H2,1-2,4H3/b26-22-,28-21+/t35?,36?,37-,38-/m1/s1. The molecule has 0 amide bonds. The normalized spacial score (nSPS) is 26.8. The molecule has 42 heavy (non-hydrogen) atoms. The Morgan fingerprint density at radius 3 is 2.05 bits per heavy atom. The van der Waals surface area contributed by atoms with Crippen LogP contribution in [0.3, 0.4) is 0 Å². The molecular weight excluding hydrogens is 520 g/mol. The van der Waals surface area contributed by atoms with Crippen LogP contribution in [0.4, 0.5) is 0 Å². The van der Waals surface area contributed by atoms with Crippen LogP contribution in [-0.2, 0) is 14.3 Å². The molecule has 0 saturated carbocycles. The van der Waals surface area contributed by atoms with Crippen LogP contribution in [0.1, 0.15) is 156 Å². The van der Waals surface area contributed by atoms with Crippen LogP contribution >= 0.6 is 0 Å². The van der Waals surface area contributed by atoms with Gasteiger partial charge in [-0.05, 0) is 70.8 Å². The van der Waals surface area contributed by atoms with E-state index in [-0.39, 0.29) is 11.7 Å². The zero-order valence-electron chi connectivity index (χ0n) is 27.6. The molecule has 1 heterocycles. The van der Waals surface area contributed by atoms with E-state index in [2.05, 4.69) is 44.7 Å². The zero-order valence-corrected chi connectivity index (χ0v) is 27.6. The maximum atomic E-state index is 10.7. The van der Waals surface area contributed by atoms with Gasteiger partial charge in [-0.3, -0.25) is 4.79 Å². The molecule has 240 valence electrons.